The van der Waals surface area contributed by atoms with E-state index in [1.54, 1.807) is 0 Å². The quantitative estimate of drug-likeness (QED) is 0.646. The van der Waals surface area contributed by atoms with Crippen LogP contribution in [0.1, 0.15) is 47.5 Å². The minimum atomic E-state index is -0.545. The molecule has 0 amide bonds. The summed E-state index contributed by atoms with van der Waals surface area (Å²) in [6.07, 6.45) is 1.35. The Morgan fingerprint density at radius 3 is 2.08 bits per heavy atom. The average Bonchev–Trinajstić information content (AvgIpc) is 2.59. The van der Waals surface area contributed by atoms with Gasteiger partial charge in [0.15, 0.2) is 0 Å². The lowest BCUT2D eigenvalue weighted by Gasteiger charge is -2.11. The van der Waals surface area contributed by atoms with Crippen LogP contribution in [0.5, 0.6) is 0 Å². The van der Waals surface area contributed by atoms with Gasteiger partial charge in [-0.05, 0) is 19.4 Å². The van der Waals surface area contributed by atoms with Crippen LogP contribution in [-0.4, -0.2) is 30.7 Å². The van der Waals surface area contributed by atoms with E-state index in [9.17, 15) is 4.39 Å². The fraction of sp³-hybridized carbons (Fsp3) is 1.00. The van der Waals surface area contributed by atoms with E-state index >= 15 is 0 Å². The van der Waals surface area contributed by atoms with Crippen molar-refractivity contribution in [3.05, 3.63) is 0 Å². The predicted octanol–water partition coefficient (Wildman–Crippen LogP) is 3.49. The largest absolute Gasteiger partial charge is 0.300 e. The molecule has 1 rings (SSSR count). The highest BCUT2D eigenvalue weighted by Gasteiger charge is 2.19. The molecule has 0 aliphatic carbocycles. The Kier molecular flexibility index (Phi) is 14.1. The third kappa shape index (κ3) is 8.23. The molecular weight excluding hydrogens is 165 g/mol. The number of hydrogen-bond donors (Lipinski definition) is 0. The van der Waals surface area contributed by atoms with Gasteiger partial charge in [-0.25, -0.2) is 4.39 Å². The average molecular weight is 191 g/mol. The molecule has 1 atom stereocenters. The third-order valence-corrected chi connectivity index (χ3v) is 1.75. The highest BCUT2D eigenvalue weighted by Crippen LogP contribution is 2.11. The van der Waals surface area contributed by atoms with Crippen molar-refractivity contribution in [1.82, 2.24) is 4.90 Å². The van der Waals surface area contributed by atoms with Gasteiger partial charge in [-0.2, -0.15) is 0 Å². The van der Waals surface area contributed by atoms with Crippen LogP contribution in [-0.2, 0) is 0 Å². The van der Waals surface area contributed by atoms with Gasteiger partial charge in [-0.1, -0.05) is 34.6 Å². The summed E-state index contributed by atoms with van der Waals surface area (Å²) in [5.74, 6) is 0. The molecule has 1 saturated heterocycles. The molecule has 0 aromatic heterocycles. The topological polar surface area (TPSA) is 3.24 Å². The summed E-state index contributed by atoms with van der Waals surface area (Å²) < 4.78 is 12.5. The second kappa shape index (κ2) is 11.9. The Hall–Kier alpha value is -0.110. The van der Waals surface area contributed by atoms with Crippen molar-refractivity contribution in [3.8, 4) is 0 Å². The number of hydrogen-bond acceptors (Lipinski definition) is 1. The van der Waals surface area contributed by atoms with Crippen molar-refractivity contribution in [3.63, 3.8) is 0 Å². The molecule has 0 aromatic carbocycles. The summed E-state index contributed by atoms with van der Waals surface area (Å²) >= 11 is 0. The molecular formula is C11H26FN. The van der Waals surface area contributed by atoms with Gasteiger partial charge in [0.25, 0.3) is 0 Å². The van der Waals surface area contributed by atoms with Crippen molar-refractivity contribution < 1.29 is 4.39 Å². The van der Waals surface area contributed by atoms with Crippen LogP contribution in [0.15, 0.2) is 0 Å². The summed E-state index contributed by atoms with van der Waals surface area (Å²) in [4.78, 5) is 2.19. The van der Waals surface area contributed by atoms with E-state index in [4.69, 9.17) is 0 Å². The third-order valence-electron chi connectivity index (χ3n) is 1.75. The van der Waals surface area contributed by atoms with Crippen LogP contribution >= 0.6 is 0 Å². The van der Waals surface area contributed by atoms with Gasteiger partial charge < -0.3 is 4.90 Å². The summed E-state index contributed by atoms with van der Waals surface area (Å²) in [5.41, 5.74) is 0. The monoisotopic (exact) mass is 191 g/mol. The van der Waals surface area contributed by atoms with Crippen LogP contribution < -0.4 is 0 Å². The molecule has 1 heterocycles. The number of alkyl halides is 1. The van der Waals surface area contributed by atoms with Gasteiger partial charge in [0, 0.05) is 13.1 Å². The Morgan fingerprint density at radius 2 is 1.77 bits per heavy atom. The van der Waals surface area contributed by atoms with Gasteiger partial charge in [0.1, 0.15) is 6.17 Å². The van der Waals surface area contributed by atoms with E-state index < -0.39 is 6.17 Å². The zero-order valence-electron chi connectivity index (χ0n) is 9.94. The molecule has 1 unspecified atom stereocenters. The van der Waals surface area contributed by atoms with E-state index in [1.165, 1.54) is 0 Å². The van der Waals surface area contributed by atoms with Crippen LogP contribution in [0.25, 0.3) is 0 Å². The lowest BCUT2D eigenvalue weighted by Crippen LogP contribution is -2.21. The normalized spacial score (nSPS) is 21.2. The smallest absolute Gasteiger partial charge is 0.114 e. The maximum atomic E-state index is 12.5. The summed E-state index contributed by atoms with van der Waals surface area (Å²) in [6.45, 7) is 12.8. The molecule has 13 heavy (non-hydrogen) atoms. The van der Waals surface area contributed by atoms with E-state index in [1.807, 2.05) is 27.7 Å². The molecule has 0 aromatic rings. The van der Waals surface area contributed by atoms with E-state index in [-0.39, 0.29) is 0 Å². The maximum absolute atomic E-state index is 12.5. The summed E-state index contributed by atoms with van der Waals surface area (Å²) in [5, 5.41) is 0. The zero-order chi connectivity index (χ0) is 10.7. The standard InChI is InChI=1S/C7H14FN.2C2H6/c1-2-4-9-5-3-7(8)6-9;2*1-2/h7H,2-6H2,1H3;2*1-2H3. The summed E-state index contributed by atoms with van der Waals surface area (Å²) in [7, 11) is 0. The number of likely N-dealkylation sites (tertiary alicyclic amines) is 1. The highest BCUT2D eigenvalue weighted by molar-refractivity contribution is 4.73. The number of halogens is 1. The number of rotatable bonds is 2. The van der Waals surface area contributed by atoms with Crippen molar-refractivity contribution in [2.75, 3.05) is 19.6 Å². The Balaban J connectivity index is 0. The molecule has 0 spiro atoms. The van der Waals surface area contributed by atoms with E-state index in [2.05, 4.69) is 11.8 Å². The molecule has 1 nitrogen and oxygen atoms in total. The zero-order valence-corrected chi connectivity index (χ0v) is 9.94. The van der Waals surface area contributed by atoms with Crippen LogP contribution in [0.2, 0.25) is 0 Å². The summed E-state index contributed by atoms with van der Waals surface area (Å²) in [6, 6.07) is 0. The van der Waals surface area contributed by atoms with E-state index in [0.717, 1.165) is 25.9 Å². The Labute approximate surface area is 83.3 Å². The highest BCUT2D eigenvalue weighted by atomic mass is 19.1. The molecule has 1 aliphatic heterocycles. The van der Waals surface area contributed by atoms with Crippen molar-refractivity contribution >= 4 is 0 Å². The SMILES string of the molecule is CC.CC.CCCN1CCC(F)C1. The van der Waals surface area contributed by atoms with E-state index in [0.29, 0.717) is 6.54 Å². The first-order valence-electron chi connectivity index (χ1n) is 5.69. The lowest BCUT2D eigenvalue weighted by atomic mass is 10.3. The Morgan fingerprint density at radius 1 is 1.23 bits per heavy atom. The fourth-order valence-electron chi connectivity index (χ4n) is 1.30. The van der Waals surface area contributed by atoms with Crippen LogP contribution in [0.4, 0.5) is 4.39 Å². The van der Waals surface area contributed by atoms with Gasteiger partial charge >= 0.3 is 0 Å². The molecule has 0 N–H and O–H groups in total. The first-order chi connectivity index (χ1) is 6.33. The number of nitrogens with zero attached hydrogens (tertiary/aromatic N) is 1. The molecule has 1 aliphatic rings. The first kappa shape index (κ1) is 15.4. The molecule has 0 bridgehead atoms. The van der Waals surface area contributed by atoms with Crippen LogP contribution in [0, 0.1) is 0 Å². The van der Waals surface area contributed by atoms with Crippen molar-refractivity contribution in [2.45, 2.75) is 53.6 Å². The second-order valence-corrected chi connectivity index (χ2v) is 2.69. The minimum absolute atomic E-state index is 0.545. The molecule has 2 heteroatoms. The fourth-order valence-corrected chi connectivity index (χ4v) is 1.30. The van der Waals surface area contributed by atoms with Gasteiger partial charge in [-0.3, -0.25) is 0 Å². The lowest BCUT2D eigenvalue weighted by molar-refractivity contribution is 0.288. The van der Waals surface area contributed by atoms with Gasteiger partial charge in [0.2, 0.25) is 0 Å². The second-order valence-electron chi connectivity index (χ2n) is 2.69. The van der Waals surface area contributed by atoms with Crippen LogP contribution in [0.3, 0.4) is 0 Å². The van der Waals surface area contributed by atoms with Gasteiger partial charge in [0.05, 0.1) is 0 Å². The Bertz CT molecular complexity index is 84.2. The molecule has 0 saturated carbocycles. The maximum Gasteiger partial charge on any atom is 0.114 e. The first-order valence-corrected chi connectivity index (χ1v) is 5.69. The predicted molar refractivity (Wildman–Crippen MR) is 58.9 cm³/mol. The molecule has 1 fully saturated rings. The molecule has 82 valence electrons. The van der Waals surface area contributed by atoms with Crippen molar-refractivity contribution in [1.29, 1.82) is 0 Å². The minimum Gasteiger partial charge on any atom is -0.300 e. The van der Waals surface area contributed by atoms with Crippen molar-refractivity contribution in [2.24, 2.45) is 0 Å². The van der Waals surface area contributed by atoms with Gasteiger partial charge in [-0.15, -0.1) is 0 Å². The molecule has 0 radical (unpaired) electrons.